The monoisotopic (exact) mass is 277 g/mol. The summed E-state index contributed by atoms with van der Waals surface area (Å²) in [6, 6.07) is 0.294. The van der Waals surface area contributed by atoms with Gasteiger partial charge in [-0.1, -0.05) is 15.9 Å². The Morgan fingerprint density at radius 1 is 1.47 bits per heavy atom. The van der Waals surface area contributed by atoms with Gasteiger partial charge in [-0.2, -0.15) is 0 Å². The van der Waals surface area contributed by atoms with Crippen LogP contribution >= 0.6 is 15.9 Å². The largest absolute Gasteiger partial charge is 0.444 e. The van der Waals surface area contributed by atoms with Crippen LogP contribution in [0, 0.1) is 5.92 Å². The minimum Gasteiger partial charge on any atom is -0.444 e. The van der Waals surface area contributed by atoms with Crippen molar-refractivity contribution < 1.29 is 9.53 Å². The molecule has 88 valence electrons. The number of ether oxygens (including phenoxy) is 1. The second kappa shape index (κ2) is 5.19. The third kappa shape index (κ3) is 4.87. The lowest BCUT2D eigenvalue weighted by Crippen LogP contribution is -2.37. The van der Waals surface area contributed by atoms with Crippen LogP contribution in [0.15, 0.2) is 0 Å². The van der Waals surface area contributed by atoms with Gasteiger partial charge in [-0.25, -0.2) is 4.79 Å². The van der Waals surface area contributed by atoms with E-state index in [1.807, 2.05) is 20.8 Å². The predicted molar refractivity (Wildman–Crippen MR) is 64.3 cm³/mol. The Morgan fingerprint density at radius 2 is 2.13 bits per heavy atom. The highest BCUT2D eigenvalue weighted by Gasteiger charge is 2.26. The van der Waals surface area contributed by atoms with Gasteiger partial charge in [-0.05, 0) is 46.0 Å². The Kier molecular flexibility index (Phi) is 4.44. The Morgan fingerprint density at radius 3 is 2.60 bits per heavy atom. The minimum atomic E-state index is -0.405. The number of amides is 1. The van der Waals surface area contributed by atoms with Crippen LogP contribution in [-0.4, -0.2) is 23.1 Å². The molecule has 0 saturated heterocycles. The van der Waals surface area contributed by atoms with E-state index in [9.17, 15) is 4.79 Å². The fraction of sp³-hybridized carbons (Fsp3) is 0.909. The highest BCUT2D eigenvalue weighted by Crippen LogP contribution is 2.27. The first-order chi connectivity index (χ1) is 6.90. The Balaban J connectivity index is 2.28. The zero-order chi connectivity index (χ0) is 11.5. The zero-order valence-electron chi connectivity index (χ0n) is 9.68. The van der Waals surface area contributed by atoms with Gasteiger partial charge in [0.15, 0.2) is 0 Å². The van der Waals surface area contributed by atoms with E-state index in [0.29, 0.717) is 12.0 Å². The van der Waals surface area contributed by atoms with Crippen LogP contribution < -0.4 is 5.32 Å². The number of nitrogens with one attached hydrogen (secondary N) is 1. The van der Waals surface area contributed by atoms with Crippen molar-refractivity contribution in [2.75, 3.05) is 5.33 Å². The molecule has 0 aromatic carbocycles. The molecule has 0 aromatic rings. The average molecular weight is 278 g/mol. The van der Waals surface area contributed by atoms with Gasteiger partial charge in [-0.15, -0.1) is 0 Å². The molecule has 1 amide bonds. The number of carbonyl (C=O) groups is 1. The molecule has 0 aromatic heterocycles. The number of halogens is 1. The molecule has 2 atom stereocenters. The second-order valence-corrected chi connectivity index (χ2v) is 5.82. The summed E-state index contributed by atoms with van der Waals surface area (Å²) >= 11 is 3.47. The van der Waals surface area contributed by atoms with Gasteiger partial charge in [0, 0.05) is 11.4 Å². The van der Waals surface area contributed by atoms with E-state index in [1.165, 1.54) is 6.42 Å². The zero-order valence-corrected chi connectivity index (χ0v) is 11.3. The number of rotatable bonds is 2. The van der Waals surface area contributed by atoms with Crippen LogP contribution in [0.4, 0.5) is 4.79 Å². The van der Waals surface area contributed by atoms with E-state index in [0.717, 1.165) is 18.2 Å². The first-order valence-corrected chi connectivity index (χ1v) is 6.58. The molecule has 0 aliphatic heterocycles. The van der Waals surface area contributed by atoms with Crippen LogP contribution in [0.5, 0.6) is 0 Å². The molecule has 15 heavy (non-hydrogen) atoms. The first-order valence-electron chi connectivity index (χ1n) is 5.46. The average Bonchev–Trinajstić information content (AvgIpc) is 2.48. The number of hydrogen-bond acceptors (Lipinski definition) is 2. The van der Waals surface area contributed by atoms with Crippen molar-refractivity contribution in [1.29, 1.82) is 0 Å². The number of carbonyl (C=O) groups excluding carboxylic acids is 1. The molecule has 1 fully saturated rings. The molecular formula is C11H20BrNO2. The van der Waals surface area contributed by atoms with Crippen LogP contribution in [0.3, 0.4) is 0 Å². The Hall–Kier alpha value is -0.250. The summed E-state index contributed by atoms with van der Waals surface area (Å²) in [5.41, 5.74) is -0.405. The number of alkyl carbamates (subject to hydrolysis) is 1. The molecule has 1 aliphatic carbocycles. The lowest BCUT2D eigenvalue weighted by Gasteiger charge is -2.21. The molecule has 1 aliphatic rings. The van der Waals surface area contributed by atoms with Gasteiger partial charge in [-0.3, -0.25) is 0 Å². The lowest BCUT2D eigenvalue weighted by atomic mass is 10.1. The van der Waals surface area contributed by atoms with Crippen molar-refractivity contribution in [2.24, 2.45) is 5.92 Å². The van der Waals surface area contributed by atoms with Crippen molar-refractivity contribution in [3.05, 3.63) is 0 Å². The summed E-state index contributed by atoms with van der Waals surface area (Å²) in [7, 11) is 0. The summed E-state index contributed by atoms with van der Waals surface area (Å²) in [5, 5.41) is 3.94. The molecular weight excluding hydrogens is 258 g/mol. The summed E-state index contributed by atoms with van der Waals surface area (Å²) in [4.78, 5) is 11.5. The SMILES string of the molecule is CC(C)(C)OC(=O)NC1CCC(CBr)C1. The molecule has 1 saturated carbocycles. The summed E-state index contributed by atoms with van der Waals surface area (Å²) in [6.07, 6.45) is 3.02. The quantitative estimate of drug-likeness (QED) is 0.788. The first kappa shape index (κ1) is 12.8. The lowest BCUT2D eigenvalue weighted by molar-refractivity contribution is 0.0505. The van der Waals surface area contributed by atoms with Crippen LogP contribution in [0.25, 0.3) is 0 Å². The highest BCUT2D eigenvalue weighted by atomic mass is 79.9. The fourth-order valence-corrected chi connectivity index (χ4v) is 2.41. The second-order valence-electron chi connectivity index (χ2n) is 5.18. The molecule has 0 heterocycles. The van der Waals surface area contributed by atoms with Crippen LogP contribution in [0.2, 0.25) is 0 Å². The van der Waals surface area contributed by atoms with Gasteiger partial charge in [0.2, 0.25) is 0 Å². The van der Waals surface area contributed by atoms with E-state index in [1.54, 1.807) is 0 Å². The molecule has 0 spiro atoms. The van der Waals surface area contributed by atoms with Crippen molar-refractivity contribution in [3.8, 4) is 0 Å². The summed E-state index contributed by atoms with van der Waals surface area (Å²) in [5.74, 6) is 0.699. The van der Waals surface area contributed by atoms with Crippen molar-refractivity contribution >= 4 is 22.0 Å². The van der Waals surface area contributed by atoms with E-state index >= 15 is 0 Å². The van der Waals surface area contributed by atoms with E-state index in [4.69, 9.17) is 4.74 Å². The van der Waals surface area contributed by atoms with E-state index in [-0.39, 0.29) is 6.09 Å². The topological polar surface area (TPSA) is 38.3 Å². The molecule has 0 bridgehead atoms. The maximum Gasteiger partial charge on any atom is 0.407 e. The Bertz CT molecular complexity index is 225. The molecule has 3 nitrogen and oxygen atoms in total. The van der Waals surface area contributed by atoms with E-state index in [2.05, 4.69) is 21.2 Å². The molecule has 0 radical (unpaired) electrons. The number of alkyl halides is 1. The molecule has 1 rings (SSSR count). The van der Waals surface area contributed by atoms with E-state index < -0.39 is 5.60 Å². The third-order valence-electron chi connectivity index (χ3n) is 2.48. The number of hydrogen-bond donors (Lipinski definition) is 1. The summed E-state index contributed by atoms with van der Waals surface area (Å²) in [6.45, 7) is 5.63. The van der Waals surface area contributed by atoms with Gasteiger partial charge in [0.25, 0.3) is 0 Å². The fourth-order valence-electron chi connectivity index (χ4n) is 1.82. The van der Waals surface area contributed by atoms with Gasteiger partial charge in [0.1, 0.15) is 5.60 Å². The Labute approximate surface area is 100 Å². The molecule has 1 N–H and O–H groups in total. The molecule has 2 unspecified atom stereocenters. The van der Waals surface area contributed by atoms with Crippen LogP contribution in [-0.2, 0) is 4.74 Å². The van der Waals surface area contributed by atoms with Crippen LogP contribution in [0.1, 0.15) is 40.0 Å². The maximum absolute atomic E-state index is 11.5. The predicted octanol–water partition coefficient (Wildman–Crippen LogP) is 3.07. The highest BCUT2D eigenvalue weighted by molar-refractivity contribution is 9.09. The maximum atomic E-state index is 11.5. The van der Waals surface area contributed by atoms with Crippen molar-refractivity contribution in [1.82, 2.24) is 5.32 Å². The third-order valence-corrected chi connectivity index (χ3v) is 3.40. The summed E-state index contributed by atoms with van der Waals surface area (Å²) < 4.78 is 5.21. The van der Waals surface area contributed by atoms with Gasteiger partial charge in [0.05, 0.1) is 0 Å². The normalized spacial score (nSPS) is 26.4. The van der Waals surface area contributed by atoms with Gasteiger partial charge >= 0.3 is 6.09 Å². The minimum absolute atomic E-state index is 0.289. The van der Waals surface area contributed by atoms with Crippen molar-refractivity contribution in [2.45, 2.75) is 51.7 Å². The standard InChI is InChI=1S/C11H20BrNO2/c1-11(2,3)15-10(14)13-9-5-4-8(6-9)7-12/h8-9H,4-7H2,1-3H3,(H,13,14). The smallest absolute Gasteiger partial charge is 0.407 e. The molecule has 4 heteroatoms. The van der Waals surface area contributed by atoms with Gasteiger partial charge < -0.3 is 10.1 Å². The van der Waals surface area contributed by atoms with Crippen molar-refractivity contribution in [3.63, 3.8) is 0 Å².